The maximum Gasteiger partial charge on any atom is 0.302 e. The standard InChI is InChI=1S/C21H29ClO3/c1-12(23)25-19-7-6-16-15-5-4-13-10-14(24)11-18(22)21(13,3)17(15)8-9-20(16,19)2/h10,15-19H,4-9,11H2,1-3H3/t15-,16-,17-,18?,19-,20-,21-/m0/s1. The topological polar surface area (TPSA) is 43.4 Å². The number of ketones is 1. The van der Waals surface area contributed by atoms with Gasteiger partial charge >= 0.3 is 5.97 Å². The highest BCUT2D eigenvalue weighted by Crippen LogP contribution is 2.66. The molecule has 0 heterocycles. The van der Waals surface area contributed by atoms with Crippen LogP contribution in [0.2, 0.25) is 0 Å². The molecule has 4 rings (SSSR count). The van der Waals surface area contributed by atoms with Gasteiger partial charge < -0.3 is 4.74 Å². The van der Waals surface area contributed by atoms with Gasteiger partial charge in [-0.05, 0) is 62.4 Å². The van der Waals surface area contributed by atoms with E-state index in [1.807, 2.05) is 6.08 Å². The zero-order valence-corrected chi connectivity index (χ0v) is 16.3. The molecule has 0 spiro atoms. The molecule has 1 unspecified atom stereocenters. The SMILES string of the molecule is CC(=O)O[C@H]1CC[C@H]2[C@@H]3CCC4=CC(=O)CC(Cl)[C@]4(C)[C@H]3CC[C@]12C. The highest BCUT2D eigenvalue weighted by atomic mass is 35.5. The lowest BCUT2D eigenvalue weighted by atomic mass is 9.47. The fourth-order valence-electron chi connectivity index (χ4n) is 6.91. The summed E-state index contributed by atoms with van der Waals surface area (Å²) in [6, 6.07) is 0. The number of hydrogen-bond acceptors (Lipinski definition) is 3. The molecule has 0 aromatic rings. The van der Waals surface area contributed by atoms with Crippen molar-refractivity contribution in [3.8, 4) is 0 Å². The molecule has 0 aliphatic heterocycles. The summed E-state index contributed by atoms with van der Waals surface area (Å²) in [7, 11) is 0. The summed E-state index contributed by atoms with van der Waals surface area (Å²) in [6.45, 7) is 6.17. The highest BCUT2D eigenvalue weighted by Gasteiger charge is 2.61. The van der Waals surface area contributed by atoms with E-state index in [1.54, 1.807) is 0 Å². The van der Waals surface area contributed by atoms with E-state index in [2.05, 4.69) is 13.8 Å². The monoisotopic (exact) mass is 364 g/mol. The fourth-order valence-corrected chi connectivity index (χ4v) is 7.37. The van der Waals surface area contributed by atoms with Crippen molar-refractivity contribution >= 4 is 23.4 Å². The van der Waals surface area contributed by atoms with Crippen LogP contribution in [0.5, 0.6) is 0 Å². The second kappa shape index (κ2) is 5.84. The molecule has 3 nitrogen and oxygen atoms in total. The van der Waals surface area contributed by atoms with E-state index in [0.717, 1.165) is 38.5 Å². The minimum atomic E-state index is -0.151. The third kappa shape index (κ3) is 2.44. The second-order valence-electron chi connectivity index (χ2n) is 9.23. The van der Waals surface area contributed by atoms with Gasteiger partial charge in [0.05, 0.1) is 5.38 Å². The van der Waals surface area contributed by atoms with Crippen LogP contribution in [0, 0.1) is 28.6 Å². The van der Waals surface area contributed by atoms with Gasteiger partial charge in [0, 0.05) is 24.2 Å². The summed E-state index contributed by atoms with van der Waals surface area (Å²) in [4.78, 5) is 23.5. The summed E-state index contributed by atoms with van der Waals surface area (Å²) < 4.78 is 5.71. The van der Waals surface area contributed by atoms with Crippen molar-refractivity contribution in [3.05, 3.63) is 11.6 Å². The molecule has 3 saturated carbocycles. The van der Waals surface area contributed by atoms with Crippen LogP contribution in [0.4, 0.5) is 0 Å². The summed E-state index contributed by atoms with van der Waals surface area (Å²) in [6.07, 6.45) is 8.95. The van der Waals surface area contributed by atoms with Gasteiger partial charge in [-0.25, -0.2) is 0 Å². The van der Waals surface area contributed by atoms with Crippen LogP contribution in [0.1, 0.15) is 65.7 Å². The normalized spacial score (nSPS) is 48.9. The number of carbonyl (C=O) groups excluding carboxylic acids is 2. The number of fused-ring (bicyclic) bond motifs is 5. The van der Waals surface area contributed by atoms with E-state index in [9.17, 15) is 9.59 Å². The van der Waals surface area contributed by atoms with E-state index in [1.165, 1.54) is 12.5 Å². The highest BCUT2D eigenvalue weighted by molar-refractivity contribution is 6.23. The van der Waals surface area contributed by atoms with Gasteiger partial charge in [-0.15, -0.1) is 11.6 Å². The number of esters is 1. The van der Waals surface area contributed by atoms with Crippen molar-refractivity contribution in [2.24, 2.45) is 28.6 Å². The van der Waals surface area contributed by atoms with Gasteiger partial charge in [-0.2, -0.15) is 0 Å². The van der Waals surface area contributed by atoms with Crippen LogP contribution in [0.15, 0.2) is 11.6 Å². The molecular formula is C21H29ClO3. The predicted octanol–water partition coefficient (Wildman–Crippen LogP) is 4.67. The second-order valence-corrected chi connectivity index (χ2v) is 9.75. The summed E-state index contributed by atoms with van der Waals surface area (Å²) >= 11 is 6.79. The lowest BCUT2D eigenvalue weighted by Crippen LogP contribution is -2.54. The Balaban J connectivity index is 1.65. The Hall–Kier alpha value is -0.830. The quantitative estimate of drug-likeness (QED) is 0.501. The van der Waals surface area contributed by atoms with E-state index in [0.29, 0.717) is 24.2 Å². The molecule has 0 aromatic carbocycles. The largest absolute Gasteiger partial charge is 0.462 e. The Morgan fingerprint density at radius 1 is 1.20 bits per heavy atom. The van der Waals surface area contributed by atoms with Crippen molar-refractivity contribution in [2.75, 3.05) is 0 Å². The van der Waals surface area contributed by atoms with Crippen LogP contribution in [-0.2, 0) is 14.3 Å². The first-order valence-corrected chi connectivity index (χ1v) is 10.3. The van der Waals surface area contributed by atoms with Crippen molar-refractivity contribution in [1.29, 1.82) is 0 Å². The average molecular weight is 365 g/mol. The maximum absolute atomic E-state index is 12.0. The van der Waals surface area contributed by atoms with Crippen molar-refractivity contribution in [3.63, 3.8) is 0 Å². The zero-order valence-electron chi connectivity index (χ0n) is 15.5. The van der Waals surface area contributed by atoms with Crippen molar-refractivity contribution in [1.82, 2.24) is 0 Å². The molecule has 7 atom stereocenters. The van der Waals surface area contributed by atoms with Gasteiger partial charge in [0.25, 0.3) is 0 Å². The van der Waals surface area contributed by atoms with Gasteiger partial charge in [-0.1, -0.05) is 19.4 Å². The predicted molar refractivity (Wildman–Crippen MR) is 97.3 cm³/mol. The molecule has 0 saturated heterocycles. The van der Waals surface area contributed by atoms with Crippen molar-refractivity contribution in [2.45, 2.75) is 77.2 Å². The Kier molecular flexibility index (Phi) is 4.10. The summed E-state index contributed by atoms with van der Waals surface area (Å²) in [5.74, 6) is 1.84. The molecule has 4 aliphatic carbocycles. The minimum Gasteiger partial charge on any atom is -0.462 e. The van der Waals surface area contributed by atoms with Crippen LogP contribution in [0.25, 0.3) is 0 Å². The first kappa shape index (κ1) is 17.6. The molecule has 138 valence electrons. The number of carbonyl (C=O) groups is 2. The Labute approximate surface area is 155 Å². The molecule has 0 aromatic heterocycles. The van der Waals surface area contributed by atoms with Crippen LogP contribution in [-0.4, -0.2) is 23.2 Å². The molecule has 4 heteroatoms. The Morgan fingerprint density at radius 3 is 2.68 bits per heavy atom. The lowest BCUT2D eigenvalue weighted by molar-refractivity contribution is -0.157. The molecule has 0 bridgehead atoms. The number of alkyl halides is 1. The molecule has 0 amide bonds. The van der Waals surface area contributed by atoms with Gasteiger partial charge in [0.1, 0.15) is 6.10 Å². The first-order valence-electron chi connectivity index (χ1n) is 9.82. The first-order chi connectivity index (χ1) is 11.8. The third-order valence-electron chi connectivity index (χ3n) is 8.23. The summed E-state index contributed by atoms with van der Waals surface area (Å²) in [5.41, 5.74) is 1.36. The van der Waals surface area contributed by atoms with Gasteiger partial charge in [-0.3, -0.25) is 9.59 Å². The number of hydrogen-bond donors (Lipinski definition) is 0. The number of halogens is 1. The van der Waals surface area contributed by atoms with E-state index >= 15 is 0 Å². The molecule has 0 N–H and O–H groups in total. The van der Waals surface area contributed by atoms with E-state index in [4.69, 9.17) is 16.3 Å². The smallest absolute Gasteiger partial charge is 0.302 e. The fraction of sp³-hybridized carbons (Fsp3) is 0.810. The van der Waals surface area contributed by atoms with Crippen LogP contribution < -0.4 is 0 Å². The zero-order chi connectivity index (χ0) is 18.0. The van der Waals surface area contributed by atoms with E-state index in [-0.39, 0.29) is 34.1 Å². The number of allylic oxidation sites excluding steroid dienone is 1. The summed E-state index contributed by atoms with van der Waals surface area (Å²) in [5, 5.41) is -0.0807. The molecule has 4 aliphatic rings. The molecule has 3 fully saturated rings. The molecule has 0 radical (unpaired) electrons. The van der Waals surface area contributed by atoms with Gasteiger partial charge in [0.2, 0.25) is 0 Å². The molecular weight excluding hydrogens is 336 g/mol. The lowest BCUT2D eigenvalue weighted by Gasteiger charge is -2.58. The minimum absolute atomic E-state index is 0.0424. The number of ether oxygens (including phenoxy) is 1. The number of rotatable bonds is 1. The Morgan fingerprint density at radius 2 is 1.96 bits per heavy atom. The average Bonchev–Trinajstić information content (AvgIpc) is 2.85. The van der Waals surface area contributed by atoms with Gasteiger partial charge in [0.15, 0.2) is 5.78 Å². The van der Waals surface area contributed by atoms with Crippen LogP contribution in [0.3, 0.4) is 0 Å². The maximum atomic E-state index is 12.0. The van der Waals surface area contributed by atoms with Crippen molar-refractivity contribution < 1.29 is 14.3 Å². The Bertz CT molecular complexity index is 641. The third-order valence-corrected chi connectivity index (χ3v) is 8.84. The molecule has 25 heavy (non-hydrogen) atoms. The van der Waals surface area contributed by atoms with E-state index < -0.39 is 0 Å². The van der Waals surface area contributed by atoms with Crippen LogP contribution >= 0.6 is 11.6 Å².